The molecule has 2 fully saturated rings. The van der Waals surface area contributed by atoms with Gasteiger partial charge in [0.05, 0.1) is 6.61 Å². The highest BCUT2D eigenvalue weighted by Gasteiger charge is 2.62. The van der Waals surface area contributed by atoms with Crippen molar-refractivity contribution in [1.29, 1.82) is 0 Å². The van der Waals surface area contributed by atoms with Gasteiger partial charge in [0.15, 0.2) is 5.60 Å². The van der Waals surface area contributed by atoms with E-state index >= 15 is 0 Å². The monoisotopic (exact) mass is 791 g/mol. The number of aromatic nitrogens is 6. The molecule has 6 heterocycles. The van der Waals surface area contributed by atoms with Crippen LogP contribution in [0.1, 0.15) is 98.8 Å². The maximum Gasteiger partial charge on any atom is 0.417 e. The number of fused-ring (bicyclic) bond motifs is 4. The number of hydrogen-bond donors (Lipinski definition) is 0. The van der Waals surface area contributed by atoms with E-state index in [1.807, 2.05) is 19.1 Å². The zero-order valence-electron chi connectivity index (χ0n) is 29.3. The van der Waals surface area contributed by atoms with Gasteiger partial charge in [-0.2, -0.15) is 23.1 Å². The molecule has 4 atom stereocenters. The van der Waals surface area contributed by atoms with Crippen LogP contribution < -0.4 is 22.8 Å². The van der Waals surface area contributed by atoms with E-state index in [0.29, 0.717) is 88.0 Å². The third-order valence-electron chi connectivity index (χ3n) is 11.8. The molecule has 0 spiro atoms. The van der Waals surface area contributed by atoms with Gasteiger partial charge in [0, 0.05) is 74.8 Å². The van der Waals surface area contributed by atoms with E-state index in [2.05, 4.69) is 30.8 Å². The summed E-state index contributed by atoms with van der Waals surface area (Å²) in [5.74, 6) is 0.0511. The summed E-state index contributed by atoms with van der Waals surface area (Å²) in [5.41, 5.74) is -2.72. The molecule has 2 aromatic heterocycles. The molecule has 3 aromatic rings. The SMILES string of the molecule is Cc1ccccc1COC1(C(F)(F)F)CC2CCC(C1)N2CCCn1c(=O)nc2n(c1=O)CCCC2C1CCCn2c1nc(=O)n(CCCBr)c2=O. The molecule has 2 bridgehead atoms. The quantitative estimate of drug-likeness (QED) is 0.265. The van der Waals surface area contributed by atoms with Crippen LogP contribution >= 0.6 is 15.9 Å². The van der Waals surface area contributed by atoms with E-state index in [1.165, 1.54) is 4.57 Å². The molecule has 0 saturated carbocycles. The molecule has 16 heteroatoms. The molecule has 4 aliphatic rings. The summed E-state index contributed by atoms with van der Waals surface area (Å²) < 4.78 is 55.1. The Balaban J connectivity index is 1.06. The highest BCUT2D eigenvalue weighted by Crippen LogP contribution is 2.50. The van der Waals surface area contributed by atoms with Crippen molar-refractivity contribution in [3.05, 3.63) is 89.0 Å². The van der Waals surface area contributed by atoms with Crippen molar-refractivity contribution in [2.24, 2.45) is 0 Å². The Labute approximate surface area is 306 Å². The van der Waals surface area contributed by atoms with Crippen molar-refractivity contribution in [1.82, 2.24) is 33.1 Å². The summed E-state index contributed by atoms with van der Waals surface area (Å²) >= 11 is 3.34. The smallest absolute Gasteiger partial charge is 0.361 e. The third kappa shape index (κ3) is 6.78. The summed E-state index contributed by atoms with van der Waals surface area (Å²) in [6.07, 6.45) is 0.0809. The zero-order chi connectivity index (χ0) is 36.8. The minimum Gasteiger partial charge on any atom is -0.361 e. The molecule has 0 aliphatic carbocycles. The van der Waals surface area contributed by atoms with Gasteiger partial charge < -0.3 is 4.74 Å². The van der Waals surface area contributed by atoms with Crippen molar-refractivity contribution in [2.45, 2.75) is 140 Å². The molecule has 4 unspecified atom stereocenters. The molecule has 7 rings (SSSR count). The number of ether oxygens (including phenoxy) is 1. The molecule has 282 valence electrons. The van der Waals surface area contributed by atoms with Crippen LogP contribution in [-0.2, 0) is 37.5 Å². The average Bonchev–Trinajstić information content (AvgIpc) is 3.35. The highest BCUT2D eigenvalue weighted by atomic mass is 79.9. The van der Waals surface area contributed by atoms with Crippen LogP contribution in [0, 0.1) is 6.92 Å². The van der Waals surface area contributed by atoms with Crippen molar-refractivity contribution in [3.63, 3.8) is 0 Å². The van der Waals surface area contributed by atoms with E-state index in [4.69, 9.17) is 4.74 Å². The Morgan fingerprint density at radius 3 is 1.87 bits per heavy atom. The number of alkyl halides is 4. The predicted octanol–water partition coefficient (Wildman–Crippen LogP) is 4.21. The van der Waals surface area contributed by atoms with Gasteiger partial charge in [-0.05, 0) is 69.4 Å². The van der Waals surface area contributed by atoms with Crippen molar-refractivity contribution < 1.29 is 17.9 Å². The van der Waals surface area contributed by atoms with Crippen LogP contribution in [0.15, 0.2) is 43.4 Å². The van der Waals surface area contributed by atoms with Gasteiger partial charge in [0.25, 0.3) is 0 Å². The second kappa shape index (κ2) is 14.8. The van der Waals surface area contributed by atoms with Crippen molar-refractivity contribution >= 4 is 15.9 Å². The van der Waals surface area contributed by atoms with E-state index in [1.54, 1.807) is 16.7 Å². The molecule has 4 aliphatic heterocycles. The van der Waals surface area contributed by atoms with Crippen LogP contribution in [0.5, 0.6) is 0 Å². The van der Waals surface area contributed by atoms with E-state index in [-0.39, 0.29) is 56.5 Å². The summed E-state index contributed by atoms with van der Waals surface area (Å²) in [4.78, 5) is 64.3. The number of halogens is 4. The normalized spacial score (nSPS) is 25.9. The molecule has 0 N–H and O–H groups in total. The van der Waals surface area contributed by atoms with Gasteiger partial charge >= 0.3 is 28.9 Å². The maximum absolute atomic E-state index is 14.7. The average molecular weight is 793 g/mol. The van der Waals surface area contributed by atoms with Crippen LogP contribution in [0.2, 0.25) is 0 Å². The first-order valence-electron chi connectivity index (χ1n) is 18.4. The number of aryl methyl sites for hydroxylation is 1. The van der Waals surface area contributed by atoms with Gasteiger partial charge in [-0.25, -0.2) is 28.3 Å². The molecular formula is C36H45BrF3N7O5. The summed E-state index contributed by atoms with van der Waals surface area (Å²) in [5, 5.41) is 0.646. The lowest BCUT2D eigenvalue weighted by Gasteiger charge is -2.47. The summed E-state index contributed by atoms with van der Waals surface area (Å²) in [7, 11) is 0. The van der Waals surface area contributed by atoms with Gasteiger partial charge in [-0.15, -0.1) is 0 Å². The van der Waals surface area contributed by atoms with Gasteiger partial charge in [0.2, 0.25) is 0 Å². The first-order valence-corrected chi connectivity index (χ1v) is 19.5. The van der Waals surface area contributed by atoms with Crippen LogP contribution in [-0.4, -0.2) is 68.9 Å². The standard InChI is InChI=1S/C36H45BrF3N7O5/c1-23-8-2-3-9-24(23)22-52-35(36(38,39)40)20-25-12-13-26(21-35)43(25)18-7-19-47-32(49)42-30-28(11-5-16-45(30)34(47)51)27-10-4-15-44-29(27)41-31(48)46(33(44)50)17-6-14-37/h2-3,8-9,25-28H,4-7,10-22H2,1H3. The van der Waals surface area contributed by atoms with Crippen molar-refractivity contribution in [2.75, 3.05) is 11.9 Å². The molecule has 1 aromatic carbocycles. The fraction of sp³-hybridized carbons (Fsp3) is 0.667. The second-order valence-corrected chi connectivity index (χ2v) is 15.6. The Morgan fingerprint density at radius 2 is 1.35 bits per heavy atom. The first kappa shape index (κ1) is 37.0. The van der Waals surface area contributed by atoms with Crippen LogP contribution in [0.4, 0.5) is 13.2 Å². The Morgan fingerprint density at radius 1 is 0.808 bits per heavy atom. The van der Waals surface area contributed by atoms with Gasteiger partial charge in [-0.1, -0.05) is 40.2 Å². The molecule has 0 radical (unpaired) electrons. The van der Waals surface area contributed by atoms with E-state index in [0.717, 1.165) is 20.3 Å². The Hall–Kier alpha value is -3.37. The zero-order valence-corrected chi connectivity index (χ0v) is 30.9. The molecule has 2 saturated heterocycles. The topological polar surface area (TPSA) is 126 Å². The fourth-order valence-electron chi connectivity index (χ4n) is 9.13. The first-order chi connectivity index (χ1) is 24.9. The van der Waals surface area contributed by atoms with Gasteiger partial charge in [-0.3, -0.25) is 14.0 Å². The second-order valence-electron chi connectivity index (χ2n) is 14.8. The Bertz CT molecular complexity index is 2030. The van der Waals surface area contributed by atoms with Crippen LogP contribution in [0.25, 0.3) is 0 Å². The van der Waals surface area contributed by atoms with E-state index < -0.39 is 34.5 Å². The lowest BCUT2D eigenvalue weighted by atomic mass is 9.80. The molecule has 0 amide bonds. The fourth-order valence-corrected chi connectivity index (χ4v) is 9.38. The summed E-state index contributed by atoms with van der Waals surface area (Å²) in [6.45, 7) is 3.39. The summed E-state index contributed by atoms with van der Waals surface area (Å²) in [6, 6.07) is 6.68. The Kier molecular flexibility index (Phi) is 10.5. The predicted molar refractivity (Wildman–Crippen MR) is 190 cm³/mol. The molecular weight excluding hydrogens is 747 g/mol. The van der Waals surface area contributed by atoms with E-state index in [9.17, 15) is 32.3 Å². The maximum atomic E-state index is 14.7. The number of hydrogen-bond acceptors (Lipinski definition) is 8. The number of rotatable bonds is 11. The molecule has 12 nitrogen and oxygen atoms in total. The largest absolute Gasteiger partial charge is 0.417 e. The molecule has 52 heavy (non-hydrogen) atoms. The minimum absolute atomic E-state index is 0.0942. The van der Waals surface area contributed by atoms with Crippen LogP contribution in [0.3, 0.4) is 0 Å². The van der Waals surface area contributed by atoms with Crippen molar-refractivity contribution in [3.8, 4) is 0 Å². The lowest BCUT2D eigenvalue weighted by Crippen LogP contribution is -2.59. The number of nitrogens with zero attached hydrogens (tertiary/aromatic N) is 7. The number of benzene rings is 1. The third-order valence-corrected chi connectivity index (χ3v) is 12.4. The number of piperidine rings is 1. The lowest BCUT2D eigenvalue weighted by molar-refractivity contribution is -0.300. The highest BCUT2D eigenvalue weighted by molar-refractivity contribution is 9.09. The van der Waals surface area contributed by atoms with Gasteiger partial charge in [0.1, 0.15) is 11.6 Å². The minimum atomic E-state index is -4.52.